The zero-order valence-electron chi connectivity index (χ0n) is 17.9. The molecule has 1 spiro atoms. The summed E-state index contributed by atoms with van der Waals surface area (Å²) < 4.78 is 0.868. The van der Waals surface area contributed by atoms with Crippen molar-refractivity contribution >= 4 is 33.6 Å². The molecule has 2 bridgehead atoms. The molecule has 1 aromatic heterocycles. The Balaban J connectivity index is 1.20. The van der Waals surface area contributed by atoms with Crippen molar-refractivity contribution in [1.29, 1.82) is 0 Å². The number of hydrogen-bond acceptors (Lipinski definition) is 4. The predicted molar refractivity (Wildman–Crippen MR) is 123 cm³/mol. The quantitative estimate of drug-likeness (QED) is 0.434. The minimum absolute atomic E-state index is 0.0493. The third kappa shape index (κ3) is 4.07. The van der Waals surface area contributed by atoms with Gasteiger partial charge in [-0.25, -0.2) is 4.98 Å². The lowest BCUT2D eigenvalue weighted by Gasteiger charge is -2.26. The number of likely N-dealkylation sites (tertiary alicyclic amines) is 1. The van der Waals surface area contributed by atoms with Crippen molar-refractivity contribution < 1.29 is 9.59 Å². The van der Waals surface area contributed by atoms with Gasteiger partial charge < -0.3 is 15.5 Å². The number of nitrogens with one attached hydrogen (secondary N) is 2. The molecule has 2 saturated carbocycles. The van der Waals surface area contributed by atoms with E-state index < -0.39 is 0 Å². The number of halogens is 1. The number of nitrogens with zero attached hydrogens (tertiary/aromatic N) is 2. The molecule has 0 aromatic carbocycles. The summed E-state index contributed by atoms with van der Waals surface area (Å²) in [5.74, 6) is 0.278. The highest BCUT2D eigenvalue weighted by atomic mass is 79.9. The molecule has 0 radical (unpaired) electrons. The third-order valence-corrected chi connectivity index (χ3v) is 8.29. The van der Waals surface area contributed by atoms with Crippen molar-refractivity contribution in [2.75, 3.05) is 31.5 Å². The van der Waals surface area contributed by atoms with Crippen molar-refractivity contribution in [2.24, 2.45) is 29.1 Å². The maximum absolute atomic E-state index is 13.3. The standard InChI is InChI=1S/C24H31BrN4O2/c25-16-5-8-19(27-15-16)28-23(31)21-18-7-6-17(24(18)9-10-24)20(21)22(30)26-11-1-2-12-29-13-3-4-14-29/h5-8,15,17-18,20-21H,1-4,9-14H2,(H,26,30)(H,27,28,31)/t17-,18+,20-,21-/m1/s1. The lowest BCUT2D eigenvalue weighted by Crippen LogP contribution is -2.42. The normalized spacial score (nSPS) is 30.1. The molecule has 31 heavy (non-hydrogen) atoms. The summed E-state index contributed by atoms with van der Waals surface area (Å²) in [7, 11) is 0. The zero-order chi connectivity index (χ0) is 21.4. The van der Waals surface area contributed by atoms with Crippen LogP contribution in [0.3, 0.4) is 0 Å². The molecule has 3 aliphatic carbocycles. The van der Waals surface area contributed by atoms with E-state index in [9.17, 15) is 9.59 Å². The minimum atomic E-state index is -0.312. The Morgan fingerprint density at radius 2 is 1.77 bits per heavy atom. The predicted octanol–water partition coefficient (Wildman–Crippen LogP) is 3.60. The molecular formula is C24H31BrN4O2. The van der Waals surface area contributed by atoms with Crippen LogP contribution in [0.15, 0.2) is 35.0 Å². The minimum Gasteiger partial charge on any atom is -0.356 e. The monoisotopic (exact) mass is 486 g/mol. The van der Waals surface area contributed by atoms with Crippen LogP contribution in [0.5, 0.6) is 0 Å². The van der Waals surface area contributed by atoms with Crippen LogP contribution in [0, 0.1) is 29.1 Å². The van der Waals surface area contributed by atoms with Gasteiger partial charge in [0.1, 0.15) is 5.82 Å². The first-order valence-electron chi connectivity index (χ1n) is 11.7. The van der Waals surface area contributed by atoms with Crippen LogP contribution in [0.2, 0.25) is 0 Å². The van der Waals surface area contributed by atoms with Crippen molar-refractivity contribution in [1.82, 2.24) is 15.2 Å². The van der Waals surface area contributed by atoms with Gasteiger partial charge in [-0.3, -0.25) is 9.59 Å². The number of carbonyl (C=O) groups excluding carboxylic acids is 2. The molecule has 2 N–H and O–H groups in total. The van der Waals surface area contributed by atoms with E-state index in [1.807, 2.05) is 6.07 Å². The topological polar surface area (TPSA) is 74.3 Å². The first-order valence-corrected chi connectivity index (χ1v) is 12.5. The summed E-state index contributed by atoms with van der Waals surface area (Å²) in [5, 5.41) is 6.13. The van der Waals surface area contributed by atoms with Gasteiger partial charge in [0.15, 0.2) is 0 Å². The maximum atomic E-state index is 13.3. The van der Waals surface area contributed by atoms with Crippen LogP contribution in [-0.2, 0) is 9.59 Å². The Kier molecular flexibility index (Phi) is 5.90. The summed E-state index contributed by atoms with van der Waals surface area (Å²) in [6, 6.07) is 3.64. The fourth-order valence-corrected chi connectivity index (χ4v) is 6.40. The van der Waals surface area contributed by atoms with Gasteiger partial charge >= 0.3 is 0 Å². The Hall–Kier alpha value is -1.73. The van der Waals surface area contributed by atoms with Gasteiger partial charge in [-0.05, 0) is 103 Å². The molecule has 1 saturated heterocycles. The van der Waals surface area contributed by atoms with Gasteiger partial charge in [-0.15, -0.1) is 0 Å². The number of amides is 2. The number of allylic oxidation sites excluding steroid dienone is 2. The highest BCUT2D eigenvalue weighted by Gasteiger charge is 2.69. The van der Waals surface area contributed by atoms with E-state index in [2.05, 4.69) is 48.6 Å². The second-order valence-electron chi connectivity index (χ2n) is 9.62. The van der Waals surface area contributed by atoms with E-state index in [-0.39, 0.29) is 40.9 Å². The number of rotatable bonds is 8. The van der Waals surface area contributed by atoms with E-state index in [0.717, 1.165) is 36.7 Å². The molecule has 5 rings (SSSR count). The van der Waals surface area contributed by atoms with E-state index in [1.54, 1.807) is 12.3 Å². The molecule has 1 aromatic rings. The number of hydrogen-bond donors (Lipinski definition) is 2. The van der Waals surface area contributed by atoms with Gasteiger partial charge in [0.05, 0.1) is 11.8 Å². The molecule has 4 aliphatic rings. The highest BCUT2D eigenvalue weighted by molar-refractivity contribution is 9.10. The van der Waals surface area contributed by atoms with Gasteiger partial charge in [0.2, 0.25) is 11.8 Å². The van der Waals surface area contributed by atoms with Crippen molar-refractivity contribution in [3.8, 4) is 0 Å². The van der Waals surface area contributed by atoms with Gasteiger partial charge in [-0.1, -0.05) is 12.2 Å². The molecule has 2 heterocycles. The van der Waals surface area contributed by atoms with Crippen molar-refractivity contribution in [3.05, 3.63) is 35.0 Å². The van der Waals surface area contributed by atoms with Crippen LogP contribution in [-0.4, -0.2) is 47.9 Å². The summed E-state index contributed by atoms with van der Waals surface area (Å²) in [5.41, 5.74) is 0.146. The fraction of sp³-hybridized carbons (Fsp3) is 0.625. The second kappa shape index (κ2) is 8.66. The zero-order valence-corrected chi connectivity index (χ0v) is 19.4. The summed E-state index contributed by atoms with van der Waals surface area (Å²) in [6.45, 7) is 4.26. The number of anilines is 1. The highest BCUT2D eigenvalue weighted by Crippen LogP contribution is 2.72. The second-order valence-corrected chi connectivity index (χ2v) is 10.5. The van der Waals surface area contributed by atoms with E-state index in [4.69, 9.17) is 0 Å². The molecular weight excluding hydrogens is 456 g/mol. The number of aromatic nitrogens is 1. The Labute approximate surface area is 192 Å². The molecule has 2 amide bonds. The summed E-state index contributed by atoms with van der Waals surface area (Å²) >= 11 is 3.37. The number of unbranched alkanes of at least 4 members (excludes halogenated alkanes) is 1. The van der Waals surface area contributed by atoms with E-state index >= 15 is 0 Å². The van der Waals surface area contributed by atoms with Crippen molar-refractivity contribution in [2.45, 2.75) is 38.5 Å². The van der Waals surface area contributed by atoms with Gasteiger partial charge in [-0.2, -0.15) is 0 Å². The Morgan fingerprint density at radius 3 is 2.42 bits per heavy atom. The number of carbonyl (C=O) groups is 2. The van der Waals surface area contributed by atoms with Crippen molar-refractivity contribution in [3.63, 3.8) is 0 Å². The van der Waals surface area contributed by atoms with Gasteiger partial charge in [0.25, 0.3) is 0 Å². The van der Waals surface area contributed by atoms with Crippen LogP contribution in [0.1, 0.15) is 38.5 Å². The molecule has 3 fully saturated rings. The lowest BCUT2D eigenvalue weighted by molar-refractivity contribution is -0.132. The smallest absolute Gasteiger partial charge is 0.230 e. The Morgan fingerprint density at radius 1 is 1.06 bits per heavy atom. The largest absolute Gasteiger partial charge is 0.356 e. The van der Waals surface area contributed by atoms with Crippen LogP contribution in [0.4, 0.5) is 5.82 Å². The SMILES string of the molecule is O=C(NCCCCN1CCCC1)[C@H]1[C@H](C(=O)Nc2ccc(Br)cn2)[C@@H]2C=C[C@H]1C21CC1. The van der Waals surface area contributed by atoms with E-state index in [0.29, 0.717) is 12.4 Å². The molecule has 166 valence electrons. The fourth-order valence-electron chi connectivity index (χ4n) is 6.17. The van der Waals surface area contributed by atoms with Gasteiger partial charge in [0, 0.05) is 17.2 Å². The average molecular weight is 487 g/mol. The van der Waals surface area contributed by atoms with Crippen LogP contribution >= 0.6 is 15.9 Å². The molecule has 6 nitrogen and oxygen atoms in total. The Bertz CT molecular complexity index is 861. The first-order chi connectivity index (χ1) is 15.1. The summed E-state index contributed by atoms with van der Waals surface area (Å²) in [6.07, 6.45) is 13.0. The average Bonchev–Trinajstić information content (AvgIpc) is 3.12. The third-order valence-electron chi connectivity index (χ3n) is 7.82. The maximum Gasteiger partial charge on any atom is 0.230 e. The number of pyridine rings is 1. The molecule has 1 aliphatic heterocycles. The molecule has 4 atom stereocenters. The molecule has 0 unspecified atom stereocenters. The first kappa shape index (κ1) is 21.1. The molecule has 7 heteroatoms. The lowest BCUT2D eigenvalue weighted by atomic mass is 9.81. The van der Waals surface area contributed by atoms with E-state index in [1.165, 1.54) is 25.9 Å². The van der Waals surface area contributed by atoms with Crippen LogP contribution < -0.4 is 10.6 Å². The summed E-state index contributed by atoms with van der Waals surface area (Å²) in [4.78, 5) is 33.3. The van der Waals surface area contributed by atoms with Crippen LogP contribution in [0.25, 0.3) is 0 Å².